The summed E-state index contributed by atoms with van der Waals surface area (Å²) in [6.07, 6.45) is 4.15. The molecular weight excluding hydrogens is 182 g/mol. The molecule has 0 aromatic rings. The first-order valence-corrected chi connectivity index (χ1v) is 4.91. The number of hydrogen-bond donors (Lipinski definition) is 1. The van der Waals surface area contributed by atoms with E-state index in [9.17, 15) is 4.79 Å². The number of hydrogen-bond acceptors (Lipinski definition) is 4. The standard InChI is InChI=1S/C10H19NO3/c1-4-10(5-2,9(12)14-3)7-6-8-11-13/h8,13H,4-7H2,1-3H3. The van der Waals surface area contributed by atoms with Crippen molar-refractivity contribution in [3.05, 3.63) is 0 Å². The number of rotatable bonds is 6. The molecule has 1 N–H and O–H groups in total. The van der Waals surface area contributed by atoms with Crippen LogP contribution in [-0.2, 0) is 9.53 Å². The fourth-order valence-corrected chi connectivity index (χ4v) is 1.61. The molecule has 0 aliphatic rings. The van der Waals surface area contributed by atoms with Gasteiger partial charge >= 0.3 is 5.97 Å². The maximum atomic E-state index is 11.6. The summed E-state index contributed by atoms with van der Waals surface area (Å²) in [4.78, 5) is 11.6. The van der Waals surface area contributed by atoms with Crippen LogP contribution in [0, 0.1) is 5.41 Å². The van der Waals surface area contributed by atoms with Crippen molar-refractivity contribution in [2.75, 3.05) is 7.11 Å². The van der Waals surface area contributed by atoms with E-state index < -0.39 is 5.41 Å². The average Bonchev–Trinajstić information content (AvgIpc) is 2.24. The van der Waals surface area contributed by atoms with Gasteiger partial charge in [0.05, 0.1) is 12.5 Å². The van der Waals surface area contributed by atoms with Gasteiger partial charge in [-0.15, -0.1) is 5.16 Å². The molecule has 0 spiro atoms. The lowest BCUT2D eigenvalue weighted by molar-refractivity contribution is -0.153. The SMILES string of the molecule is CCC(CC)(CCC=NO)C(=O)OC. The van der Waals surface area contributed by atoms with E-state index in [1.165, 1.54) is 13.3 Å². The number of esters is 1. The summed E-state index contributed by atoms with van der Waals surface area (Å²) in [5, 5.41) is 11.2. The van der Waals surface area contributed by atoms with E-state index in [0.717, 1.165) is 12.8 Å². The summed E-state index contributed by atoms with van der Waals surface area (Å²) < 4.78 is 4.78. The molecule has 0 saturated carbocycles. The number of methoxy groups -OCH3 is 1. The lowest BCUT2D eigenvalue weighted by Crippen LogP contribution is -2.31. The smallest absolute Gasteiger partial charge is 0.311 e. The molecule has 0 radical (unpaired) electrons. The molecule has 0 rings (SSSR count). The molecule has 14 heavy (non-hydrogen) atoms. The molecule has 4 nitrogen and oxygen atoms in total. The number of carbonyl (C=O) groups is 1. The molecule has 0 aromatic carbocycles. The Morgan fingerprint density at radius 1 is 1.50 bits per heavy atom. The second kappa shape index (κ2) is 6.40. The second-order valence-corrected chi connectivity index (χ2v) is 3.32. The zero-order valence-corrected chi connectivity index (χ0v) is 9.12. The maximum absolute atomic E-state index is 11.6. The first-order valence-electron chi connectivity index (χ1n) is 4.91. The van der Waals surface area contributed by atoms with Gasteiger partial charge < -0.3 is 9.94 Å². The molecule has 0 fully saturated rings. The van der Waals surface area contributed by atoms with Gasteiger partial charge in [0.1, 0.15) is 0 Å². The summed E-state index contributed by atoms with van der Waals surface area (Å²) in [5.74, 6) is -0.172. The van der Waals surface area contributed by atoms with Gasteiger partial charge in [-0.05, 0) is 25.7 Å². The third kappa shape index (κ3) is 3.01. The molecule has 0 aliphatic carbocycles. The van der Waals surface area contributed by atoms with Crippen molar-refractivity contribution in [1.82, 2.24) is 0 Å². The Kier molecular flexibility index (Phi) is 5.92. The lowest BCUT2D eigenvalue weighted by Gasteiger charge is -2.27. The van der Waals surface area contributed by atoms with Crippen LogP contribution in [0.25, 0.3) is 0 Å². The fourth-order valence-electron chi connectivity index (χ4n) is 1.61. The Bertz CT molecular complexity index is 198. The van der Waals surface area contributed by atoms with E-state index in [0.29, 0.717) is 12.8 Å². The number of nitrogens with zero attached hydrogens (tertiary/aromatic N) is 1. The normalized spacial score (nSPS) is 11.9. The van der Waals surface area contributed by atoms with Crippen molar-refractivity contribution in [2.24, 2.45) is 10.6 Å². The minimum Gasteiger partial charge on any atom is -0.469 e. The van der Waals surface area contributed by atoms with Crippen molar-refractivity contribution in [1.29, 1.82) is 0 Å². The highest BCUT2D eigenvalue weighted by atomic mass is 16.5. The highest BCUT2D eigenvalue weighted by Crippen LogP contribution is 2.32. The first-order chi connectivity index (χ1) is 6.66. The van der Waals surface area contributed by atoms with Gasteiger partial charge in [0.25, 0.3) is 0 Å². The highest BCUT2D eigenvalue weighted by Gasteiger charge is 2.34. The van der Waals surface area contributed by atoms with Gasteiger partial charge in [-0.2, -0.15) is 0 Å². The van der Waals surface area contributed by atoms with Crippen molar-refractivity contribution >= 4 is 12.2 Å². The third-order valence-electron chi connectivity index (χ3n) is 2.81. The monoisotopic (exact) mass is 201 g/mol. The van der Waals surface area contributed by atoms with E-state index in [1.807, 2.05) is 13.8 Å². The average molecular weight is 201 g/mol. The van der Waals surface area contributed by atoms with E-state index >= 15 is 0 Å². The molecule has 0 heterocycles. The van der Waals surface area contributed by atoms with Gasteiger partial charge in [-0.1, -0.05) is 13.8 Å². The van der Waals surface area contributed by atoms with Crippen LogP contribution in [0.4, 0.5) is 0 Å². The van der Waals surface area contributed by atoms with Crippen LogP contribution in [0.5, 0.6) is 0 Å². The van der Waals surface area contributed by atoms with Crippen molar-refractivity contribution in [3.63, 3.8) is 0 Å². The third-order valence-corrected chi connectivity index (χ3v) is 2.81. The molecule has 0 amide bonds. The molecular formula is C10H19NO3. The minimum atomic E-state index is -0.421. The molecule has 82 valence electrons. The highest BCUT2D eigenvalue weighted by molar-refractivity contribution is 5.77. The number of oxime groups is 1. The summed E-state index contributed by atoms with van der Waals surface area (Å²) in [6.45, 7) is 3.94. The first kappa shape index (κ1) is 12.9. The van der Waals surface area contributed by atoms with Crippen molar-refractivity contribution in [2.45, 2.75) is 39.5 Å². The van der Waals surface area contributed by atoms with Crippen LogP contribution in [0.1, 0.15) is 39.5 Å². The Morgan fingerprint density at radius 3 is 2.43 bits per heavy atom. The zero-order chi connectivity index (χ0) is 11.0. The van der Waals surface area contributed by atoms with Crippen LogP contribution in [0.15, 0.2) is 5.16 Å². The number of ether oxygens (including phenoxy) is 1. The molecule has 0 atom stereocenters. The predicted molar refractivity (Wildman–Crippen MR) is 54.5 cm³/mol. The van der Waals surface area contributed by atoms with Gasteiger partial charge in [-0.25, -0.2) is 0 Å². The van der Waals surface area contributed by atoms with Crippen LogP contribution in [-0.4, -0.2) is 24.5 Å². The van der Waals surface area contributed by atoms with Crippen LogP contribution >= 0.6 is 0 Å². The van der Waals surface area contributed by atoms with Crippen molar-refractivity contribution < 1.29 is 14.7 Å². The van der Waals surface area contributed by atoms with Crippen LogP contribution in [0.2, 0.25) is 0 Å². The van der Waals surface area contributed by atoms with E-state index in [4.69, 9.17) is 9.94 Å². The Hall–Kier alpha value is -1.06. The molecule has 4 heteroatoms. The van der Waals surface area contributed by atoms with Crippen LogP contribution in [0.3, 0.4) is 0 Å². The summed E-state index contributed by atoms with van der Waals surface area (Å²) in [6, 6.07) is 0. The van der Waals surface area contributed by atoms with Gasteiger partial charge in [0, 0.05) is 6.21 Å². The molecule has 0 bridgehead atoms. The summed E-state index contributed by atoms with van der Waals surface area (Å²) in [5.41, 5.74) is -0.421. The molecule has 0 aromatic heterocycles. The lowest BCUT2D eigenvalue weighted by atomic mass is 9.78. The van der Waals surface area contributed by atoms with Gasteiger partial charge in [0.2, 0.25) is 0 Å². The maximum Gasteiger partial charge on any atom is 0.311 e. The van der Waals surface area contributed by atoms with E-state index in [1.54, 1.807) is 0 Å². The van der Waals surface area contributed by atoms with Crippen molar-refractivity contribution in [3.8, 4) is 0 Å². The Balaban J connectivity index is 4.44. The van der Waals surface area contributed by atoms with E-state index in [2.05, 4.69) is 5.16 Å². The summed E-state index contributed by atoms with van der Waals surface area (Å²) in [7, 11) is 1.41. The second-order valence-electron chi connectivity index (χ2n) is 3.32. The van der Waals surface area contributed by atoms with Gasteiger partial charge in [-0.3, -0.25) is 4.79 Å². The fraction of sp³-hybridized carbons (Fsp3) is 0.800. The quantitative estimate of drug-likeness (QED) is 0.310. The van der Waals surface area contributed by atoms with Crippen LogP contribution < -0.4 is 0 Å². The summed E-state index contributed by atoms with van der Waals surface area (Å²) >= 11 is 0. The topological polar surface area (TPSA) is 58.9 Å². The molecule has 0 aliphatic heterocycles. The molecule has 0 unspecified atom stereocenters. The van der Waals surface area contributed by atoms with Gasteiger partial charge in [0.15, 0.2) is 0 Å². The minimum absolute atomic E-state index is 0.172. The predicted octanol–water partition coefficient (Wildman–Crippen LogP) is 2.21. The zero-order valence-electron chi connectivity index (χ0n) is 9.12. The molecule has 0 saturated heterocycles. The number of carbonyl (C=O) groups excluding carboxylic acids is 1. The Labute approximate surface area is 84.9 Å². The largest absolute Gasteiger partial charge is 0.469 e. The van der Waals surface area contributed by atoms with E-state index in [-0.39, 0.29) is 5.97 Å². The Morgan fingerprint density at radius 2 is 2.07 bits per heavy atom.